The van der Waals surface area contributed by atoms with Gasteiger partial charge >= 0.3 is 6.18 Å². The summed E-state index contributed by atoms with van der Waals surface area (Å²) >= 11 is 9.23. The minimum atomic E-state index is -4.55. The highest BCUT2D eigenvalue weighted by Crippen LogP contribution is 2.34. The molecule has 0 saturated heterocycles. The molecule has 2 aromatic rings. The normalized spacial score (nSPS) is 11.6. The number of hydrogen-bond acceptors (Lipinski definition) is 3. The van der Waals surface area contributed by atoms with E-state index in [0.29, 0.717) is 20.8 Å². The maximum Gasteiger partial charge on any atom is 0.443 e. The molecule has 0 radical (unpaired) electrons. The van der Waals surface area contributed by atoms with Gasteiger partial charge in [0.15, 0.2) is 5.01 Å². The zero-order chi connectivity index (χ0) is 14.2. The van der Waals surface area contributed by atoms with Crippen molar-refractivity contribution in [2.45, 2.75) is 6.18 Å². The molecule has 1 aromatic carbocycles. The van der Waals surface area contributed by atoms with Crippen LogP contribution in [-0.4, -0.2) is 10.8 Å². The molecule has 0 N–H and O–H groups in total. The van der Waals surface area contributed by atoms with Crippen LogP contribution in [0.3, 0.4) is 0 Å². The summed E-state index contributed by atoms with van der Waals surface area (Å²) in [4.78, 5) is 15.2. The van der Waals surface area contributed by atoms with E-state index in [1.54, 1.807) is 12.1 Å². The number of carbonyl (C=O) groups excluding carboxylic acids is 1. The number of ketones is 1. The lowest BCUT2D eigenvalue weighted by atomic mass is 10.1. The summed E-state index contributed by atoms with van der Waals surface area (Å²) in [5, 5.41) is -0.721. The first kappa shape index (κ1) is 14.5. The predicted molar refractivity (Wildman–Crippen MR) is 69.7 cm³/mol. The number of benzene rings is 1. The zero-order valence-electron chi connectivity index (χ0n) is 8.96. The third-order valence-corrected chi connectivity index (χ3v) is 4.11. The molecular weight excluding hydrogens is 367 g/mol. The van der Waals surface area contributed by atoms with Gasteiger partial charge in [-0.3, -0.25) is 4.79 Å². The molecule has 19 heavy (non-hydrogen) atoms. The average Bonchev–Trinajstić information content (AvgIpc) is 2.80. The summed E-state index contributed by atoms with van der Waals surface area (Å²) in [6.45, 7) is 0. The van der Waals surface area contributed by atoms with Crippen LogP contribution in [0.1, 0.15) is 20.2 Å². The van der Waals surface area contributed by atoms with E-state index in [1.165, 1.54) is 6.07 Å². The SMILES string of the molecule is O=C(c1cnc(C(F)(F)F)s1)c1cc(Cl)ccc1Br. The number of thiazole rings is 1. The minimum absolute atomic E-state index is 0.0877. The van der Waals surface area contributed by atoms with Crippen LogP contribution in [0, 0.1) is 0 Å². The molecule has 0 aliphatic carbocycles. The zero-order valence-corrected chi connectivity index (χ0v) is 12.1. The Morgan fingerprint density at radius 1 is 1.37 bits per heavy atom. The first-order chi connectivity index (χ1) is 8.79. The fourth-order valence-electron chi connectivity index (χ4n) is 1.31. The first-order valence-corrected chi connectivity index (χ1v) is 6.80. The molecule has 0 aliphatic rings. The van der Waals surface area contributed by atoms with Gasteiger partial charge in [-0.2, -0.15) is 13.2 Å². The molecule has 2 rings (SSSR count). The largest absolute Gasteiger partial charge is 0.443 e. The summed E-state index contributed by atoms with van der Waals surface area (Å²) in [7, 11) is 0. The standard InChI is InChI=1S/C11H4BrClF3NOS/c12-7-2-1-5(13)3-6(7)9(18)8-4-17-10(19-8)11(14,15)16/h1-4H. The van der Waals surface area contributed by atoms with Gasteiger partial charge in [0.25, 0.3) is 0 Å². The van der Waals surface area contributed by atoms with E-state index in [4.69, 9.17) is 11.6 Å². The average molecular weight is 371 g/mol. The summed E-state index contributed by atoms with van der Waals surface area (Å²) in [6, 6.07) is 4.51. The van der Waals surface area contributed by atoms with E-state index >= 15 is 0 Å². The molecular formula is C11H4BrClF3NOS. The van der Waals surface area contributed by atoms with Crippen molar-refractivity contribution in [2.24, 2.45) is 0 Å². The van der Waals surface area contributed by atoms with E-state index in [-0.39, 0.29) is 10.4 Å². The number of hydrogen-bond donors (Lipinski definition) is 0. The van der Waals surface area contributed by atoms with Gasteiger partial charge in [0, 0.05) is 21.3 Å². The summed E-state index contributed by atoms with van der Waals surface area (Å²) in [6.07, 6.45) is -3.63. The number of nitrogens with zero attached hydrogens (tertiary/aromatic N) is 1. The first-order valence-electron chi connectivity index (χ1n) is 4.82. The van der Waals surface area contributed by atoms with Gasteiger partial charge in [-0.25, -0.2) is 4.98 Å². The molecule has 0 atom stereocenters. The Morgan fingerprint density at radius 3 is 2.63 bits per heavy atom. The molecule has 2 nitrogen and oxygen atoms in total. The van der Waals surface area contributed by atoms with E-state index in [9.17, 15) is 18.0 Å². The van der Waals surface area contributed by atoms with Crippen LogP contribution in [0.4, 0.5) is 13.2 Å². The van der Waals surface area contributed by atoms with E-state index < -0.39 is 17.0 Å². The monoisotopic (exact) mass is 369 g/mol. The van der Waals surface area contributed by atoms with Crippen molar-refractivity contribution >= 4 is 44.7 Å². The fourth-order valence-corrected chi connectivity index (χ4v) is 2.65. The van der Waals surface area contributed by atoms with Crippen molar-refractivity contribution < 1.29 is 18.0 Å². The highest BCUT2D eigenvalue weighted by atomic mass is 79.9. The van der Waals surface area contributed by atoms with Crippen LogP contribution in [0.25, 0.3) is 0 Å². The van der Waals surface area contributed by atoms with Crippen LogP contribution >= 0.6 is 38.9 Å². The Balaban J connectivity index is 2.39. The van der Waals surface area contributed by atoms with Gasteiger partial charge in [-0.05, 0) is 18.2 Å². The van der Waals surface area contributed by atoms with Crippen molar-refractivity contribution in [2.75, 3.05) is 0 Å². The highest BCUT2D eigenvalue weighted by molar-refractivity contribution is 9.10. The molecule has 0 saturated carbocycles. The maximum absolute atomic E-state index is 12.4. The molecule has 1 heterocycles. The van der Waals surface area contributed by atoms with Crippen LogP contribution in [0.15, 0.2) is 28.9 Å². The van der Waals surface area contributed by atoms with Crippen molar-refractivity contribution in [3.63, 3.8) is 0 Å². The number of halogens is 5. The lowest BCUT2D eigenvalue weighted by Crippen LogP contribution is -2.03. The van der Waals surface area contributed by atoms with Gasteiger partial charge in [0.2, 0.25) is 5.78 Å². The van der Waals surface area contributed by atoms with Crippen LogP contribution in [0.5, 0.6) is 0 Å². The molecule has 1 aromatic heterocycles. The Kier molecular flexibility index (Phi) is 3.98. The molecule has 0 amide bonds. The van der Waals surface area contributed by atoms with Crippen LogP contribution < -0.4 is 0 Å². The summed E-state index contributed by atoms with van der Waals surface area (Å²) < 4.78 is 37.7. The topological polar surface area (TPSA) is 30.0 Å². The van der Waals surface area contributed by atoms with Crippen LogP contribution in [-0.2, 0) is 6.18 Å². The number of alkyl halides is 3. The summed E-state index contributed by atoms with van der Waals surface area (Å²) in [5.41, 5.74) is 0.199. The number of carbonyl (C=O) groups is 1. The minimum Gasteiger partial charge on any atom is -0.288 e. The third kappa shape index (κ3) is 3.16. The third-order valence-electron chi connectivity index (χ3n) is 2.15. The lowest BCUT2D eigenvalue weighted by molar-refractivity contribution is -0.137. The Morgan fingerprint density at radius 2 is 2.05 bits per heavy atom. The molecule has 0 fully saturated rings. The van der Waals surface area contributed by atoms with Crippen molar-refractivity contribution in [1.29, 1.82) is 0 Å². The lowest BCUT2D eigenvalue weighted by Gasteiger charge is -2.02. The Labute approximate surface area is 123 Å². The highest BCUT2D eigenvalue weighted by Gasteiger charge is 2.35. The van der Waals surface area contributed by atoms with E-state index in [1.807, 2.05) is 0 Å². The van der Waals surface area contributed by atoms with E-state index in [0.717, 1.165) is 6.20 Å². The van der Waals surface area contributed by atoms with Crippen molar-refractivity contribution in [3.8, 4) is 0 Å². The van der Waals surface area contributed by atoms with Crippen molar-refractivity contribution in [1.82, 2.24) is 4.98 Å². The second kappa shape index (κ2) is 5.22. The quantitative estimate of drug-likeness (QED) is 0.710. The van der Waals surface area contributed by atoms with Gasteiger partial charge in [-0.15, -0.1) is 11.3 Å². The van der Waals surface area contributed by atoms with Gasteiger partial charge in [0.1, 0.15) is 0 Å². The molecule has 100 valence electrons. The molecule has 0 aliphatic heterocycles. The molecule has 0 bridgehead atoms. The molecule has 8 heteroatoms. The van der Waals surface area contributed by atoms with Gasteiger partial charge < -0.3 is 0 Å². The summed E-state index contributed by atoms with van der Waals surface area (Å²) in [5.74, 6) is -0.553. The predicted octanol–water partition coefficient (Wildman–Crippen LogP) is 4.81. The van der Waals surface area contributed by atoms with Crippen LogP contribution in [0.2, 0.25) is 5.02 Å². The smallest absolute Gasteiger partial charge is 0.288 e. The molecule has 0 spiro atoms. The second-order valence-corrected chi connectivity index (χ2v) is 5.80. The van der Waals surface area contributed by atoms with E-state index in [2.05, 4.69) is 20.9 Å². The van der Waals surface area contributed by atoms with Gasteiger partial charge in [0.05, 0.1) is 4.88 Å². The number of aromatic nitrogens is 1. The van der Waals surface area contributed by atoms with Gasteiger partial charge in [-0.1, -0.05) is 27.5 Å². The second-order valence-electron chi connectivity index (χ2n) is 3.48. The Hall–Kier alpha value is -0.920. The van der Waals surface area contributed by atoms with Crippen molar-refractivity contribution in [3.05, 3.63) is 49.3 Å². The fraction of sp³-hybridized carbons (Fsp3) is 0.0909. The number of rotatable bonds is 2. The molecule has 0 unspecified atom stereocenters. The maximum atomic E-state index is 12.4. The Bertz CT molecular complexity index is 641.